The maximum atomic E-state index is 12.8. The van der Waals surface area contributed by atoms with Crippen molar-refractivity contribution in [2.75, 3.05) is 7.05 Å². The van der Waals surface area contributed by atoms with Gasteiger partial charge in [0.1, 0.15) is 11.4 Å². The fourth-order valence-electron chi connectivity index (χ4n) is 1.35. The van der Waals surface area contributed by atoms with Crippen molar-refractivity contribution >= 4 is 0 Å². The van der Waals surface area contributed by atoms with Gasteiger partial charge in [-0.1, -0.05) is 12.1 Å². The van der Waals surface area contributed by atoms with Gasteiger partial charge in [0.15, 0.2) is 0 Å². The molecule has 0 spiro atoms. The average Bonchev–Trinajstić information content (AvgIpc) is 2.61. The number of rotatable bonds is 5. The van der Waals surface area contributed by atoms with Crippen molar-refractivity contribution in [3.63, 3.8) is 0 Å². The minimum Gasteiger partial charge on any atom is -0.314 e. The second-order valence-corrected chi connectivity index (χ2v) is 3.45. The van der Waals surface area contributed by atoms with Crippen molar-refractivity contribution in [1.82, 2.24) is 20.3 Å². The topological polar surface area (TPSA) is 42.7 Å². The fourth-order valence-corrected chi connectivity index (χ4v) is 1.35. The van der Waals surface area contributed by atoms with E-state index < -0.39 is 6.43 Å². The molecule has 0 bridgehead atoms. The predicted octanol–water partition coefficient (Wildman–Crippen LogP) is 1.91. The molecule has 0 radical (unpaired) electrons. The van der Waals surface area contributed by atoms with Crippen LogP contribution in [0.25, 0.3) is 0 Å². The summed E-state index contributed by atoms with van der Waals surface area (Å²) in [6.07, 6.45) is -1.78. The molecule has 1 aromatic rings. The zero-order valence-electron chi connectivity index (χ0n) is 9.17. The van der Waals surface area contributed by atoms with Gasteiger partial charge < -0.3 is 5.32 Å². The first-order valence-corrected chi connectivity index (χ1v) is 4.98. The Bertz CT molecular complexity index is 311. The van der Waals surface area contributed by atoms with Crippen molar-refractivity contribution in [2.45, 2.75) is 39.3 Å². The van der Waals surface area contributed by atoms with Crippen LogP contribution in [0.1, 0.15) is 44.1 Å². The quantitative estimate of drug-likeness (QED) is 0.820. The van der Waals surface area contributed by atoms with Crippen LogP contribution in [0.5, 0.6) is 0 Å². The van der Waals surface area contributed by atoms with Gasteiger partial charge in [-0.2, -0.15) is 0 Å². The summed E-state index contributed by atoms with van der Waals surface area (Å²) in [5, 5.41) is 10.3. The number of hydrogen-bond acceptors (Lipinski definition) is 3. The lowest BCUT2D eigenvalue weighted by Crippen LogP contribution is -2.13. The Balaban J connectivity index is 3.06. The molecular formula is C9H16F2N4. The summed E-state index contributed by atoms with van der Waals surface area (Å²) in [4.78, 5) is 0. The molecule has 1 unspecified atom stereocenters. The Labute approximate surface area is 87.7 Å². The van der Waals surface area contributed by atoms with Crippen LogP contribution in [0, 0.1) is 0 Å². The van der Waals surface area contributed by atoms with Crippen molar-refractivity contribution < 1.29 is 8.78 Å². The molecule has 1 N–H and O–H groups in total. The second-order valence-electron chi connectivity index (χ2n) is 3.45. The SMILES string of the molecule is CCC(C)n1nnc(CNC)c1C(F)F. The number of halogens is 2. The monoisotopic (exact) mass is 218 g/mol. The average molecular weight is 218 g/mol. The van der Waals surface area contributed by atoms with Crippen LogP contribution in [-0.4, -0.2) is 22.0 Å². The molecule has 0 aliphatic carbocycles. The van der Waals surface area contributed by atoms with Crippen molar-refractivity contribution in [1.29, 1.82) is 0 Å². The molecule has 1 atom stereocenters. The van der Waals surface area contributed by atoms with E-state index in [-0.39, 0.29) is 11.7 Å². The molecule has 6 heteroatoms. The third-order valence-electron chi connectivity index (χ3n) is 2.36. The molecule has 4 nitrogen and oxygen atoms in total. The van der Waals surface area contributed by atoms with Crippen LogP contribution >= 0.6 is 0 Å². The smallest absolute Gasteiger partial charge is 0.281 e. The zero-order chi connectivity index (χ0) is 11.4. The fraction of sp³-hybridized carbons (Fsp3) is 0.778. The van der Waals surface area contributed by atoms with E-state index in [4.69, 9.17) is 0 Å². The van der Waals surface area contributed by atoms with Crippen molar-refractivity contribution in [3.8, 4) is 0 Å². The summed E-state index contributed by atoms with van der Waals surface area (Å²) in [6, 6.07) is -0.0490. The molecule has 0 fully saturated rings. The molecule has 0 saturated heterocycles. The van der Waals surface area contributed by atoms with Gasteiger partial charge in [0, 0.05) is 6.54 Å². The summed E-state index contributed by atoms with van der Waals surface area (Å²) in [5.74, 6) is 0. The van der Waals surface area contributed by atoms with Gasteiger partial charge in [0.25, 0.3) is 6.43 Å². The predicted molar refractivity (Wildman–Crippen MR) is 52.7 cm³/mol. The van der Waals surface area contributed by atoms with Gasteiger partial charge in [0.2, 0.25) is 0 Å². The molecule has 0 amide bonds. The molecule has 0 aliphatic heterocycles. The lowest BCUT2D eigenvalue weighted by atomic mass is 10.2. The van der Waals surface area contributed by atoms with Crippen LogP contribution in [-0.2, 0) is 6.54 Å². The van der Waals surface area contributed by atoms with Gasteiger partial charge in [-0.3, -0.25) is 0 Å². The first-order chi connectivity index (χ1) is 7.11. The van der Waals surface area contributed by atoms with Crippen LogP contribution in [0.3, 0.4) is 0 Å². The molecular weight excluding hydrogens is 202 g/mol. The lowest BCUT2D eigenvalue weighted by molar-refractivity contribution is 0.135. The van der Waals surface area contributed by atoms with Gasteiger partial charge >= 0.3 is 0 Å². The summed E-state index contributed by atoms with van der Waals surface area (Å²) < 4.78 is 26.9. The molecule has 0 saturated carbocycles. The minimum absolute atomic E-state index is 0.0490. The largest absolute Gasteiger partial charge is 0.314 e. The maximum absolute atomic E-state index is 12.8. The van der Waals surface area contributed by atoms with E-state index in [2.05, 4.69) is 15.6 Å². The highest BCUT2D eigenvalue weighted by molar-refractivity contribution is 5.12. The van der Waals surface area contributed by atoms with Crippen molar-refractivity contribution in [2.24, 2.45) is 0 Å². The Morgan fingerprint density at radius 1 is 1.47 bits per heavy atom. The number of nitrogens with zero attached hydrogens (tertiary/aromatic N) is 3. The lowest BCUT2D eigenvalue weighted by Gasteiger charge is -2.12. The van der Waals surface area contributed by atoms with Crippen molar-refractivity contribution in [3.05, 3.63) is 11.4 Å². The zero-order valence-corrected chi connectivity index (χ0v) is 9.17. The first-order valence-electron chi connectivity index (χ1n) is 4.98. The van der Waals surface area contributed by atoms with E-state index >= 15 is 0 Å². The number of aromatic nitrogens is 3. The van der Waals surface area contributed by atoms with E-state index in [1.807, 2.05) is 13.8 Å². The van der Waals surface area contributed by atoms with Gasteiger partial charge in [-0.25, -0.2) is 13.5 Å². The second kappa shape index (κ2) is 5.16. The first kappa shape index (κ1) is 12.0. The summed E-state index contributed by atoms with van der Waals surface area (Å²) in [5.41, 5.74) is 0.256. The molecule has 1 heterocycles. The van der Waals surface area contributed by atoms with E-state index in [1.165, 1.54) is 4.68 Å². The highest BCUT2D eigenvalue weighted by Gasteiger charge is 2.23. The number of alkyl halides is 2. The van der Waals surface area contributed by atoms with E-state index in [1.54, 1.807) is 7.05 Å². The molecule has 1 aromatic heterocycles. The molecule has 0 aromatic carbocycles. The van der Waals surface area contributed by atoms with Gasteiger partial charge in [-0.15, -0.1) is 5.10 Å². The van der Waals surface area contributed by atoms with Crippen LogP contribution in [0.15, 0.2) is 0 Å². The third kappa shape index (κ3) is 2.50. The summed E-state index contributed by atoms with van der Waals surface area (Å²) in [7, 11) is 1.69. The standard InChI is InChI=1S/C9H16F2N4/c1-4-6(2)15-8(9(10)11)7(5-12-3)13-14-15/h6,9,12H,4-5H2,1-3H3. The van der Waals surface area contributed by atoms with E-state index in [9.17, 15) is 8.78 Å². The third-order valence-corrected chi connectivity index (χ3v) is 2.36. The summed E-state index contributed by atoms with van der Waals surface area (Å²) >= 11 is 0. The van der Waals surface area contributed by atoms with E-state index in [0.29, 0.717) is 12.2 Å². The van der Waals surface area contributed by atoms with Crippen LogP contribution < -0.4 is 5.32 Å². The highest BCUT2D eigenvalue weighted by Crippen LogP contribution is 2.24. The molecule has 86 valence electrons. The maximum Gasteiger partial charge on any atom is 0.281 e. The Morgan fingerprint density at radius 3 is 2.60 bits per heavy atom. The minimum atomic E-state index is -2.53. The number of hydrogen-bond donors (Lipinski definition) is 1. The normalized spacial score (nSPS) is 13.5. The van der Waals surface area contributed by atoms with E-state index in [0.717, 1.165) is 6.42 Å². The number of nitrogens with one attached hydrogen (secondary N) is 1. The Morgan fingerprint density at radius 2 is 2.13 bits per heavy atom. The van der Waals surface area contributed by atoms with Gasteiger partial charge in [0.05, 0.1) is 6.04 Å². The highest BCUT2D eigenvalue weighted by atomic mass is 19.3. The van der Waals surface area contributed by atoms with Crippen LogP contribution in [0.4, 0.5) is 8.78 Å². The summed E-state index contributed by atoms with van der Waals surface area (Å²) in [6.45, 7) is 4.10. The molecule has 0 aliphatic rings. The Hall–Kier alpha value is -1.04. The Kier molecular flexibility index (Phi) is 4.14. The van der Waals surface area contributed by atoms with Crippen LogP contribution in [0.2, 0.25) is 0 Å². The van der Waals surface area contributed by atoms with Gasteiger partial charge in [-0.05, 0) is 20.4 Å². The molecule has 1 rings (SSSR count). The molecule has 15 heavy (non-hydrogen) atoms.